The molecule has 3 heteroatoms. The highest BCUT2D eigenvalue weighted by atomic mass is 16.2. The van der Waals surface area contributed by atoms with Gasteiger partial charge in [-0.2, -0.15) is 0 Å². The fourth-order valence-corrected chi connectivity index (χ4v) is 1.99. The van der Waals surface area contributed by atoms with Gasteiger partial charge in [-0.1, -0.05) is 37.3 Å². The van der Waals surface area contributed by atoms with E-state index in [1.165, 1.54) is 0 Å². The van der Waals surface area contributed by atoms with Gasteiger partial charge >= 0.3 is 0 Å². The van der Waals surface area contributed by atoms with Crippen molar-refractivity contribution in [3.05, 3.63) is 35.9 Å². The normalized spacial score (nSPS) is 26.0. The molecule has 0 saturated carbocycles. The molecule has 1 fully saturated rings. The van der Waals surface area contributed by atoms with Crippen molar-refractivity contribution in [3.63, 3.8) is 0 Å². The summed E-state index contributed by atoms with van der Waals surface area (Å²) in [6, 6.07) is 10.0. The van der Waals surface area contributed by atoms with Crippen LogP contribution in [0.3, 0.4) is 0 Å². The molecule has 1 aromatic carbocycles. The molecule has 15 heavy (non-hydrogen) atoms. The van der Waals surface area contributed by atoms with Crippen molar-refractivity contribution < 1.29 is 4.79 Å². The van der Waals surface area contributed by atoms with Crippen LogP contribution in [-0.2, 0) is 4.79 Å². The van der Waals surface area contributed by atoms with Gasteiger partial charge in [-0.3, -0.25) is 10.1 Å². The lowest BCUT2D eigenvalue weighted by Crippen LogP contribution is -2.27. The highest BCUT2D eigenvalue weighted by molar-refractivity contribution is 5.84. The average molecular weight is 204 g/mol. The number of hydrogen-bond donors (Lipinski definition) is 1. The number of nitrogens with zero attached hydrogens (tertiary/aromatic N) is 1. The van der Waals surface area contributed by atoms with Crippen LogP contribution < -0.4 is 5.32 Å². The van der Waals surface area contributed by atoms with Crippen molar-refractivity contribution >= 4 is 5.91 Å². The lowest BCUT2D eigenvalue weighted by Gasteiger charge is -2.19. The van der Waals surface area contributed by atoms with Gasteiger partial charge < -0.3 is 4.90 Å². The van der Waals surface area contributed by atoms with Crippen molar-refractivity contribution in [1.29, 1.82) is 0 Å². The Hall–Kier alpha value is -1.35. The van der Waals surface area contributed by atoms with E-state index in [4.69, 9.17) is 0 Å². The molecule has 1 saturated heterocycles. The Bertz CT molecular complexity index is 350. The summed E-state index contributed by atoms with van der Waals surface area (Å²) in [6.45, 7) is 2.02. The van der Waals surface area contributed by atoms with Crippen molar-refractivity contribution in [3.8, 4) is 0 Å². The number of nitrogens with one attached hydrogen (secondary N) is 1. The van der Waals surface area contributed by atoms with Crippen LogP contribution in [0.5, 0.6) is 0 Å². The summed E-state index contributed by atoms with van der Waals surface area (Å²) < 4.78 is 0. The molecule has 0 aliphatic carbocycles. The van der Waals surface area contributed by atoms with Crippen LogP contribution >= 0.6 is 0 Å². The van der Waals surface area contributed by atoms with E-state index in [1.54, 1.807) is 4.90 Å². The molecule has 0 aromatic heterocycles. The average Bonchev–Trinajstić information content (AvgIpc) is 2.57. The first-order valence-electron chi connectivity index (χ1n) is 5.31. The third-order valence-electron chi connectivity index (χ3n) is 2.92. The molecule has 80 valence electrons. The third kappa shape index (κ3) is 1.75. The molecule has 1 amide bonds. The van der Waals surface area contributed by atoms with Gasteiger partial charge in [0, 0.05) is 7.05 Å². The van der Waals surface area contributed by atoms with Gasteiger partial charge in [-0.25, -0.2) is 0 Å². The van der Waals surface area contributed by atoms with E-state index >= 15 is 0 Å². The number of rotatable bonds is 2. The summed E-state index contributed by atoms with van der Waals surface area (Å²) in [6.07, 6.45) is 0.871. The Morgan fingerprint density at radius 3 is 2.53 bits per heavy atom. The quantitative estimate of drug-likeness (QED) is 0.792. The van der Waals surface area contributed by atoms with E-state index in [0.29, 0.717) is 0 Å². The predicted octanol–water partition coefficient (Wildman–Crippen LogP) is 1.53. The topological polar surface area (TPSA) is 32.3 Å². The Kier molecular flexibility index (Phi) is 2.73. The monoisotopic (exact) mass is 204 g/mol. The van der Waals surface area contributed by atoms with Gasteiger partial charge in [0.25, 0.3) is 0 Å². The Labute approximate surface area is 90.1 Å². The third-order valence-corrected chi connectivity index (χ3v) is 2.92. The largest absolute Gasteiger partial charge is 0.325 e. The van der Waals surface area contributed by atoms with E-state index in [1.807, 2.05) is 44.3 Å². The zero-order chi connectivity index (χ0) is 10.8. The highest BCUT2D eigenvalue weighted by Gasteiger charge is 2.35. The molecule has 0 radical (unpaired) electrons. The molecular weight excluding hydrogens is 188 g/mol. The number of carbonyl (C=O) groups excluding carboxylic acids is 1. The lowest BCUT2D eigenvalue weighted by molar-refractivity contribution is -0.128. The van der Waals surface area contributed by atoms with Crippen LogP contribution in [0.15, 0.2) is 30.3 Å². The van der Waals surface area contributed by atoms with E-state index in [-0.39, 0.29) is 18.1 Å². The molecule has 1 aliphatic heterocycles. The van der Waals surface area contributed by atoms with Crippen molar-refractivity contribution in [1.82, 2.24) is 10.2 Å². The zero-order valence-electron chi connectivity index (χ0n) is 9.10. The Morgan fingerprint density at radius 1 is 1.33 bits per heavy atom. The standard InChI is InChI=1S/C12H16N2O/c1-3-10-12(15)14(2)11(13-10)9-7-5-4-6-8-9/h4-8,10-11,13H,3H2,1-2H3. The maximum atomic E-state index is 11.8. The molecule has 0 spiro atoms. The van der Waals surface area contributed by atoms with E-state index in [2.05, 4.69) is 5.32 Å². The second kappa shape index (κ2) is 4.03. The minimum absolute atomic E-state index is 0.0276. The van der Waals surface area contributed by atoms with Crippen molar-refractivity contribution in [2.45, 2.75) is 25.6 Å². The molecule has 2 unspecified atom stereocenters. The molecule has 1 heterocycles. The predicted molar refractivity (Wildman–Crippen MR) is 59.2 cm³/mol. The summed E-state index contributed by atoms with van der Waals surface area (Å²) in [7, 11) is 1.85. The summed E-state index contributed by atoms with van der Waals surface area (Å²) in [4.78, 5) is 13.6. The number of likely N-dealkylation sites (N-methyl/N-ethyl adjacent to an activating group) is 1. The van der Waals surface area contributed by atoms with Crippen LogP contribution in [0.1, 0.15) is 25.1 Å². The Balaban J connectivity index is 2.22. The van der Waals surface area contributed by atoms with Crippen LogP contribution in [0, 0.1) is 0 Å². The molecule has 1 aliphatic rings. The van der Waals surface area contributed by atoms with Crippen LogP contribution in [0.4, 0.5) is 0 Å². The first kappa shape index (κ1) is 10.2. The zero-order valence-corrected chi connectivity index (χ0v) is 9.10. The molecular formula is C12H16N2O. The maximum Gasteiger partial charge on any atom is 0.241 e. The first-order valence-corrected chi connectivity index (χ1v) is 5.31. The lowest BCUT2D eigenvalue weighted by atomic mass is 10.2. The summed E-state index contributed by atoms with van der Waals surface area (Å²) >= 11 is 0. The fourth-order valence-electron chi connectivity index (χ4n) is 1.99. The summed E-state index contributed by atoms with van der Waals surface area (Å²) in [5, 5.41) is 3.33. The number of amides is 1. The molecule has 3 nitrogen and oxygen atoms in total. The fraction of sp³-hybridized carbons (Fsp3) is 0.417. The molecule has 2 rings (SSSR count). The molecule has 2 atom stereocenters. The van der Waals surface area contributed by atoms with Gasteiger partial charge in [-0.15, -0.1) is 0 Å². The van der Waals surface area contributed by atoms with Gasteiger partial charge in [0.15, 0.2) is 0 Å². The van der Waals surface area contributed by atoms with Crippen molar-refractivity contribution in [2.75, 3.05) is 7.05 Å². The maximum absolute atomic E-state index is 11.8. The Morgan fingerprint density at radius 2 is 2.00 bits per heavy atom. The van der Waals surface area contributed by atoms with Gasteiger partial charge in [0.1, 0.15) is 6.17 Å². The number of hydrogen-bond acceptors (Lipinski definition) is 2. The number of carbonyl (C=O) groups is 1. The van der Waals surface area contributed by atoms with Crippen molar-refractivity contribution in [2.24, 2.45) is 0 Å². The minimum Gasteiger partial charge on any atom is -0.325 e. The smallest absolute Gasteiger partial charge is 0.241 e. The van der Waals surface area contributed by atoms with E-state index in [0.717, 1.165) is 12.0 Å². The molecule has 1 N–H and O–H groups in total. The van der Waals surface area contributed by atoms with Crippen LogP contribution in [0.2, 0.25) is 0 Å². The molecule has 1 aromatic rings. The highest BCUT2D eigenvalue weighted by Crippen LogP contribution is 2.24. The van der Waals surface area contributed by atoms with Gasteiger partial charge in [0.05, 0.1) is 6.04 Å². The second-order valence-electron chi connectivity index (χ2n) is 3.89. The second-order valence-corrected chi connectivity index (χ2v) is 3.89. The van der Waals surface area contributed by atoms with E-state index < -0.39 is 0 Å². The van der Waals surface area contributed by atoms with Gasteiger partial charge in [-0.05, 0) is 12.0 Å². The minimum atomic E-state index is -0.0276. The molecule has 0 bridgehead atoms. The van der Waals surface area contributed by atoms with E-state index in [9.17, 15) is 4.79 Å². The summed E-state index contributed by atoms with van der Waals surface area (Å²) in [5.41, 5.74) is 1.14. The van der Waals surface area contributed by atoms with Crippen LogP contribution in [-0.4, -0.2) is 23.9 Å². The SMILES string of the molecule is CCC1NC(c2ccccc2)N(C)C1=O. The first-order chi connectivity index (χ1) is 7.24. The van der Waals surface area contributed by atoms with Crippen LogP contribution in [0.25, 0.3) is 0 Å². The van der Waals surface area contributed by atoms with Gasteiger partial charge in [0.2, 0.25) is 5.91 Å². The number of benzene rings is 1. The summed E-state index contributed by atoms with van der Waals surface area (Å²) in [5.74, 6) is 0.186.